The highest BCUT2D eigenvalue weighted by Gasteiger charge is 2.12. The predicted molar refractivity (Wildman–Crippen MR) is 130 cm³/mol. The molecule has 0 spiro atoms. The van der Waals surface area contributed by atoms with E-state index in [2.05, 4.69) is 10.6 Å². The largest absolute Gasteiger partial charge is 0.338 e. The highest BCUT2D eigenvalue weighted by molar-refractivity contribution is 5.74. The van der Waals surface area contributed by atoms with Crippen molar-refractivity contribution in [2.75, 3.05) is 26.2 Å². The Morgan fingerprint density at radius 3 is 1.34 bits per heavy atom. The third kappa shape index (κ3) is 9.41. The molecule has 0 aromatic heterocycles. The highest BCUT2D eigenvalue weighted by atomic mass is 16.2. The van der Waals surface area contributed by atoms with Gasteiger partial charge in [-0.1, -0.05) is 73.5 Å². The molecule has 0 atom stereocenters. The second kappa shape index (κ2) is 14.9. The molecule has 0 radical (unpaired) electrons. The number of nitrogens with zero attached hydrogens (tertiary/aromatic N) is 2. The maximum atomic E-state index is 12.4. The fourth-order valence-corrected chi connectivity index (χ4v) is 3.48. The van der Waals surface area contributed by atoms with Crippen LogP contribution in [0, 0.1) is 0 Å². The van der Waals surface area contributed by atoms with Crippen LogP contribution < -0.4 is 10.6 Å². The van der Waals surface area contributed by atoms with Crippen molar-refractivity contribution in [2.24, 2.45) is 0 Å². The van der Waals surface area contributed by atoms with Gasteiger partial charge in [-0.3, -0.25) is 0 Å². The molecule has 0 aliphatic rings. The Labute approximate surface area is 193 Å². The van der Waals surface area contributed by atoms with Crippen LogP contribution in [0.5, 0.6) is 0 Å². The van der Waals surface area contributed by atoms with Crippen LogP contribution in [0.25, 0.3) is 0 Å². The fraction of sp³-hybridized carbons (Fsp3) is 0.462. The number of benzene rings is 2. The molecule has 0 unspecified atom stereocenters. The molecule has 6 nitrogen and oxygen atoms in total. The summed E-state index contributed by atoms with van der Waals surface area (Å²) >= 11 is 0. The number of amides is 4. The smallest absolute Gasteiger partial charge is 0.317 e. The molecule has 0 saturated heterocycles. The summed E-state index contributed by atoms with van der Waals surface area (Å²) in [5.74, 6) is 0. The van der Waals surface area contributed by atoms with Gasteiger partial charge in [0.2, 0.25) is 0 Å². The summed E-state index contributed by atoms with van der Waals surface area (Å²) in [5, 5.41) is 6.04. The normalized spacial score (nSPS) is 10.4. The van der Waals surface area contributed by atoms with Crippen molar-refractivity contribution in [1.29, 1.82) is 0 Å². The van der Waals surface area contributed by atoms with Crippen LogP contribution in [0.4, 0.5) is 9.59 Å². The van der Waals surface area contributed by atoms with Gasteiger partial charge in [0, 0.05) is 39.3 Å². The predicted octanol–water partition coefficient (Wildman–Crippen LogP) is 5.01. The molecule has 0 bridgehead atoms. The number of rotatable bonds is 13. The third-order valence-corrected chi connectivity index (χ3v) is 5.43. The second-order valence-corrected chi connectivity index (χ2v) is 7.88. The van der Waals surface area contributed by atoms with E-state index in [0.29, 0.717) is 39.3 Å². The topological polar surface area (TPSA) is 64.7 Å². The molecule has 32 heavy (non-hydrogen) atoms. The average molecular weight is 439 g/mol. The van der Waals surface area contributed by atoms with Crippen molar-refractivity contribution in [3.63, 3.8) is 0 Å². The summed E-state index contributed by atoms with van der Waals surface area (Å²) in [6, 6.07) is 20.1. The van der Waals surface area contributed by atoms with Gasteiger partial charge in [-0.2, -0.15) is 0 Å². The number of carbonyl (C=O) groups excluding carboxylic acids is 2. The Morgan fingerprint density at radius 1 is 0.625 bits per heavy atom. The molecule has 0 heterocycles. The first kappa shape index (κ1) is 25.2. The van der Waals surface area contributed by atoms with E-state index in [-0.39, 0.29) is 12.1 Å². The molecule has 174 valence electrons. The van der Waals surface area contributed by atoms with Crippen molar-refractivity contribution >= 4 is 12.1 Å². The zero-order valence-electron chi connectivity index (χ0n) is 19.6. The van der Waals surface area contributed by atoms with Crippen LogP contribution >= 0.6 is 0 Å². The number of urea groups is 2. The zero-order valence-corrected chi connectivity index (χ0v) is 19.6. The van der Waals surface area contributed by atoms with Gasteiger partial charge in [0.1, 0.15) is 0 Å². The van der Waals surface area contributed by atoms with E-state index >= 15 is 0 Å². The Balaban J connectivity index is 1.54. The lowest BCUT2D eigenvalue weighted by molar-refractivity contribution is 0.197. The number of nitrogens with one attached hydrogen (secondary N) is 2. The van der Waals surface area contributed by atoms with Crippen molar-refractivity contribution < 1.29 is 9.59 Å². The van der Waals surface area contributed by atoms with Gasteiger partial charge < -0.3 is 20.4 Å². The van der Waals surface area contributed by atoms with Crippen molar-refractivity contribution in [3.8, 4) is 0 Å². The van der Waals surface area contributed by atoms with Crippen LogP contribution in [0.2, 0.25) is 0 Å². The fourth-order valence-electron chi connectivity index (χ4n) is 3.48. The molecule has 0 aliphatic heterocycles. The molecule has 2 aromatic rings. The average Bonchev–Trinajstić information content (AvgIpc) is 2.83. The van der Waals surface area contributed by atoms with Gasteiger partial charge >= 0.3 is 12.1 Å². The maximum absolute atomic E-state index is 12.4. The van der Waals surface area contributed by atoms with Crippen LogP contribution in [0.15, 0.2) is 60.7 Å². The van der Waals surface area contributed by atoms with Gasteiger partial charge in [0.25, 0.3) is 0 Å². The number of carbonyl (C=O) groups is 2. The summed E-state index contributed by atoms with van der Waals surface area (Å²) in [7, 11) is 0. The molecule has 2 N–H and O–H groups in total. The van der Waals surface area contributed by atoms with Crippen LogP contribution in [-0.2, 0) is 13.1 Å². The van der Waals surface area contributed by atoms with Gasteiger partial charge in [0.05, 0.1) is 0 Å². The quantitative estimate of drug-likeness (QED) is 0.432. The lowest BCUT2D eigenvalue weighted by Gasteiger charge is -2.22. The Morgan fingerprint density at radius 2 is 1.00 bits per heavy atom. The first-order valence-electron chi connectivity index (χ1n) is 11.8. The van der Waals surface area contributed by atoms with E-state index < -0.39 is 0 Å². The van der Waals surface area contributed by atoms with Gasteiger partial charge in [-0.05, 0) is 37.8 Å². The van der Waals surface area contributed by atoms with E-state index in [0.717, 1.165) is 36.8 Å². The van der Waals surface area contributed by atoms with E-state index in [1.165, 1.54) is 0 Å². The van der Waals surface area contributed by atoms with E-state index in [1.807, 2.05) is 84.3 Å². The monoisotopic (exact) mass is 438 g/mol. The Hall–Kier alpha value is -3.02. The van der Waals surface area contributed by atoms with Gasteiger partial charge in [0.15, 0.2) is 0 Å². The SMILES string of the molecule is CCN(Cc1ccccc1)C(=O)NCCCCCCNC(=O)N(CC)Cc1ccccc1. The minimum atomic E-state index is -0.0123. The van der Waals surface area contributed by atoms with Crippen molar-refractivity contribution in [2.45, 2.75) is 52.6 Å². The second-order valence-electron chi connectivity index (χ2n) is 7.88. The summed E-state index contributed by atoms with van der Waals surface area (Å²) in [6.07, 6.45) is 3.94. The van der Waals surface area contributed by atoms with E-state index in [4.69, 9.17) is 0 Å². The molecule has 6 heteroatoms. The molecule has 0 aliphatic carbocycles. The van der Waals surface area contributed by atoms with Crippen LogP contribution in [0.3, 0.4) is 0 Å². The number of hydrogen-bond donors (Lipinski definition) is 2. The van der Waals surface area contributed by atoms with E-state index in [9.17, 15) is 9.59 Å². The summed E-state index contributed by atoms with van der Waals surface area (Å²) < 4.78 is 0. The minimum Gasteiger partial charge on any atom is -0.338 e. The van der Waals surface area contributed by atoms with Crippen molar-refractivity contribution in [3.05, 3.63) is 71.8 Å². The zero-order chi connectivity index (χ0) is 23.0. The van der Waals surface area contributed by atoms with E-state index in [1.54, 1.807) is 0 Å². The van der Waals surface area contributed by atoms with Crippen molar-refractivity contribution in [1.82, 2.24) is 20.4 Å². The summed E-state index contributed by atoms with van der Waals surface area (Å²) in [6.45, 7) is 7.96. The lowest BCUT2D eigenvalue weighted by atomic mass is 10.2. The first-order chi connectivity index (χ1) is 15.6. The Bertz CT molecular complexity index is 715. The number of hydrogen-bond acceptors (Lipinski definition) is 2. The summed E-state index contributed by atoms with van der Waals surface area (Å²) in [5.41, 5.74) is 2.27. The number of unbranched alkanes of at least 4 members (excludes halogenated alkanes) is 3. The summed E-state index contributed by atoms with van der Waals surface area (Å²) in [4.78, 5) is 28.4. The lowest BCUT2D eigenvalue weighted by Crippen LogP contribution is -2.40. The minimum absolute atomic E-state index is 0.0123. The molecule has 0 saturated carbocycles. The molecule has 4 amide bonds. The molecular formula is C26H38N4O2. The first-order valence-corrected chi connectivity index (χ1v) is 11.8. The Kier molecular flexibility index (Phi) is 11.7. The molecule has 2 rings (SSSR count). The molecule has 2 aromatic carbocycles. The third-order valence-electron chi connectivity index (χ3n) is 5.43. The maximum Gasteiger partial charge on any atom is 0.317 e. The van der Waals surface area contributed by atoms with Gasteiger partial charge in [-0.15, -0.1) is 0 Å². The molecular weight excluding hydrogens is 400 g/mol. The molecule has 0 fully saturated rings. The van der Waals surface area contributed by atoms with Gasteiger partial charge in [-0.25, -0.2) is 9.59 Å². The standard InChI is InChI=1S/C26H38N4O2/c1-3-29(21-23-15-9-7-10-16-23)25(31)27-19-13-5-6-14-20-28-26(32)30(4-2)22-24-17-11-8-12-18-24/h7-12,15-18H,3-6,13-14,19-22H2,1-2H3,(H,27,31)(H,28,32). The van der Waals surface area contributed by atoms with Crippen LogP contribution in [0.1, 0.15) is 50.7 Å². The highest BCUT2D eigenvalue weighted by Crippen LogP contribution is 2.06. The van der Waals surface area contributed by atoms with Crippen LogP contribution in [-0.4, -0.2) is 48.0 Å².